The largest absolute Gasteiger partial charge is 0.491 e. The highest BCUT2D eigenvalue weighted by molar-refractivity contribution is 6.00. The van der Waals surface area contributed by atoms with E-state index in [1.807, 2.05) is 79.7 Å². The zero-order valence-electron chi connectivity index (χ0n) is 33.8. The number of ether oxygens (including phenoxy) is 5. The second kappa shape index (κ2) is 25.5. The van der Waals surface area contributed by atoms with Crippen molar-refractivity contribution in [3.05, 3.63) is 95.8 Å². The number of benzene rings is 3. The Kier molecular flexibility index (Phi) is 20.2. The molecule has 1 atom stereocenters. The van der Waals surface area contributed by atoms with Crippen molar-refractivity contribution >= 4 is 28.4 Å². The summed E-state index contributed by atoms with van der Waals surface area (Å²) >= 11 is 0. The number of carboxylic acids is 1. The lowest BCUT2D eigenvalue weighted by molar-refractivity contribution is -0.137. The average Bonchev–Trinajstić information content (AvgIpc) is 3.19. The third kappa shape index (κ3) is 17.1. The first kappa shape index (κ1) is 45.0. The lowest BCUT2D eigenvalue weighted by Gasteiger charge is -2.17. The number of amides is 1. The number of carboxylic acid groups (broad SMARTS) is 1. The first-order valence-corrected chi connectivity index (χ1v) is 20.2. The molecule has 0 radical (unpaired) electrons. The molecule has 1 aromatic heterocycles. The van der Waals surface area contributed by atoms with E-state index in [9.17, 15) is 19.5 Å². The Bertz CT molecular complexity index is 1830. The van der Waals surface area contributed by atoms with E-state index in [-0.39, 0.29) is 31.1 Å². The number of unbranched alkanes of at least 4 members (excludes halogenated alkanes) is 1. The Morgan fingerprint density at radius 3 is 2.11 bits per heavy atom. The summed E-state index contributed by atoms with van der Waals surface area (Å²) in [6.07, 6.45) is 5.24. The molecule has 1 amide bonds. The maximum Gasteiger partial charge on any atom is 0.303 e. The van der Waals surface area contributed by atoms with Crippen LogP contribution in [0.15, 0.2) is 79.0 Å². The van der Waals surface area contributed by atoms with E-state index in [2.05, 4.69) is 24.1 Å². The standard InChI is InChI=1S/C46H60N2O9/c1-34(2)18-20-53-21-22-54-23-24-55-25-26-56-27-28-57-44-15-8-13-42-41(12-7-14-43(42)44)37-10-6-9-36(30-37)38(32-46(51)52)31-40(49)33-48-45(50)16-5-4-11-39-29-35(3)17-19-47-39/h6-10,12-15,17,19,29-30,34,38H,4-5,11,16,18,20-28,31-33H2,1-3H3,(H,48,50)(H,51,52)/t38-/m0/s1. The highest BCUT2D eigenvalue weighted by Crippen LogP contribution is 2.35. The fourth-order valence-corrected chi connectivity index (χ4v) is 6.39. The lowest BCUT2D eigenvalue weighted by Crippen LogP contribution is -2.30. The number of Topliss-reactive ketones (excluding diaryl/α,β-unsaturated/α-hetero) is 1. The van der Waals surface area contributed by atoms with Crippen molar-refractivity contribution in [1.29, 1.82) is 0 Å². The average molecular weight is 785 g/mol. The minimum Gasteiger partial charge on any atom is -0.491 e. The van der Waals surface area contributed by atoms with E-state index in [1.165, 1.54) is 0 Å². The molecule has 0 saturated heterocycles. The van der Waals surface area contributed by atoms with Gasteiger partial charge in [-0.05, 0) is 84.4 Å². The van der Waals surface area contributed by atoms with Crippen molar-refractivity contribution in [3.8, 4) is 16.9 Å². The number of carbonyl (C=O) groups excluding carboxylic acids is 2. The topological polar surface area (TPSA) is 143 Å². The van der Waals surface area contributed by atoms with Gasteiger partial charge >= 0.3 is 5.97 Å². The van der Waals surface area contributed by atoms with Gasteiger partial charge in [0.05, 0.1) is 59.2 Å². The molecule has 0 aliphatic carbocycles. The normalized spacial score (nSPS) is 11.9. The molecular weight excluding hydrogens is 725 g/mol. The summed E-state index contributed by atoms with van der Waals surface area (Å²) < 4.78 is 28.5. The molecular formula is C46H60N2O9. The number of pyridine rings is 1. The second-order valence-corrected chi connectivity index (χ2v) is 14.6. The SMILES string of the molecule is Cc1ccnc(CCCCC(=O)NCC(=O)C[C@@H](CC(=O)O)c2cccc(-c3cccc4c(OCCOCCOCCOCCOCCC(C)C)cccc34)c2)c1. The van der Waals surface area contributed by atoms with Gasteiger partial charge in [-0.3, -0.25) is 19.4 Å². The van der Waals surface area contributed by atoms with Crippen LogP contribution in [-0.4, -0.2) is 93.8 Å². The van der Waals surface area contributed by atoms with E-state index in [1.54, 1.807) is 6.20 Å². The van der Waals surface area contributed by atoms with Crippen molar-refractivity contribution in [2.24, 2.45) is 5.92 Å². The number of carbonyl (C=O) groups is 3. The summed E-state index contributed by atoms with van der Waals surface area (Å²) in [5.41, 5.74) is 4.76. The Morgan fingerprint density at radius 2 is 1.40 bits per heavy atom. The molecule has 0 saturated carbocycles. The van der Waals surface area contributed by atoms with Crippen LogP contribution in [0.5, 0.6) is 5.75 Å². The minimum absolute atomic E-state index is 0.000188. The fourth-order valence-electron chi connectivity index (χ4n) is 6.39. The molecule has 0 aliphatic heterocycles. The molecule has 0 fully saturated rings. The smallest absolute Gasteiger partial charge is 0.303 e. The van der Waals surface area contributed by atoms with Crippen LogP contribution in [0, 0.1) is 12.8 Å². The quantitative estimate of drug-likeness (QED) is 0.0525. The maximum absolute atomic E-state index is 13.0. The van der Waals surface area contributed by atoms with Crippen molar-refractivity contribution < 1.29 is 43.2 Å². The number of aromatic nitrogens is 1. The predicted molar refractivity (Wildman–Crippen MR) is 222 cm³/mol. The number of ketones is 1. The number of aryl methyl sites for hydroxylation is 2. The molecule has 3 aromatic carbocycles. The van der Waals surface area contributed by atoms with Crippen LogP contribution in [0.4, 0.5) is 0 Å². The molecule has 4 aromatic rings. The van der Waals surface area contributed by atoms with Gasteiger partial charge < -0.3 is 34.1 Å². The highest BCUT2D eigenvalue weighted by atomic mass is 16.6. The first-order valence-electron chi connectivity index (χ1n) is 20.2. The molecule has 0 bridgehead atoms. The predicted octanol–water partition coefficient (Wildman–Crippen LogP) is 7.75. The summed E-state index contributed by atoms with van der Waals surface area (Å²) in [7, 11) is 0. The summed E-state index contributed by atoms with van der Waals surface area (Å²) in [5, 5.41) is 14.4. The molecule has 0 unspecified atom stereocenters. The van der Waals surface area contributed by atoms with Crippen molar-refractivity contribution in [2.45, 2.75) is 71.6 Å². The number of nitrogens with zero attached hydrogens (tertiary/aromatic N) is 1. The van der Waals surface area contributed by atoms with Gasteiger partial charge in [0.15, 0.2) is 5.78 Å². The van der Waals surface area contributed by atoms with Crippen LogP contribution in [-0.2, 0) is 39.8 Å². The Morgan fingerprint density at radius 1 is 0.737 bits per heavy atom. The van der Waals surface area contributed by atoms with Gasteiger partial charge in [0.1, 0.15) is 12.4 Å². The highest BCUT2D eigenvalue weighted by Gasteiger charge is 2.21. The molecule has 11 heteroatoms. The summed E-state index contributed by atoms with van der Waals surface area (Å²) in [5.74, 6) is -0.581. The van der Waals surface area contributed by atoms with E-state index in [0.29, 0.717) is 71.6 Å². The Hall–Kier alpha value is -4.68. The number of nitrogens with one attached hydrogen (secondary N) is 1. The molecule has 2 N–H and O–H groups in total. The van der Waals surface area contributed by atoms with Gasteiger partial charge in [-0.2, -0.15) is 0 Å². The number of fused-ring (bicyclic) bond motifs is 1. The number of rotatable bonds is 29. The van der Waals surface area contributed by atoms with E-state index in [4.69, 9.17) is 23.7 Å². The molecule has 308 valence electrons. The van der Waals surface area contributed by atoms with Crippen LogP contribution in [0.2, 0.25) is 0 Å². The van der Waals surface area contributed by atoms with Gasteiger partial charge in [0, 0.05) is 42.6 Å². The zero-order chi connectivity index (χ0) is 40.7. The molecule has 11 nitrogen and oxygen atoms in total. The van der Waals surface area contributed by atoms with E-state index in [0.717, 1.165) is 70.3 Å². The van der Waals surface area contributed by atoms with E-state index < -0.39 is 11.9 Å². The second-order valence-electron chi connectivity index (χ2n) is 14.6. The van der Waals surface area contributed by atoms with Crippen LogP contribution in [0.1, 0.15) is 75.1 Å². The number of hydrogen-bond acceptors (Lipinski definition) is 9. The van der Waals surface area contributed by atoms with Crippen LogP contribution < -0.4 is 10.1 Å². The van der Waals surface area contributed by atoms with Gasteiger partial charge in [0.25, 0.3) is 0 Å². The van der Waals surface area contributed by atoms with Crippen molar-refractivity contribution in [2.75, 3.05) is 66.0 Å². The van der Waals surface area contributed by atoms with Crippen molar-refractivity contribution in [3.63, 3.8) is 0 Å². The number of hydrogen-bond donors (Lipinski definition) is 2. The van der Waals surface area contributed by atoms with Crippen LogP contribution >= 0.6 is 0 Å². The summed E-state index contributed by atoms with van der Waals surface area (Å²) in [6.45, 7) is 10.9. The van der Waals surface area contributed by atoms with Gasteiger partial charge in [0.2, 0.25) is 5.91 Å². The summed E-state index contributed by atoms with van der Waals surface area (Å²) in [4.78, 5) is 41.8. The molecule has 1 heterocycles. The maximum atomic E-state index is 13.0. The molecule has 0 aliphatic rings. The number of aliphatic carboxylic acids is 1. The van der Waals surface area contributed by atoms with Crippen LogP contribution in [0.3, 0.4) is 0 Å². The van der Waals surface area contributed by atoms with Crippen molar-refractivity contribution in [1.82, 2.24) is 10.3 Å². The lowest BCUT2D eigenvalue weighted by atomic mass is 9.88. The molecule has 57 heavy (non-hydrogen) atoms. The van der Waals surface area contributed by atoms with Gasteiger partial charge in [-0.25, -0.2) is 0 Å². The van der Waals surface area contributed by atoms with E-state index >= 15 is 0 Å². The third-order valence-corrected chi connectivity index (χ3v) is 9.43. The third-order valence-electron chi connectivity index (χ3n) is 9.43. The molecule has 4 rings (SSSR count). The van der Waals surface area contributed by atoms with Gasteiger partial charge in [-0.1, -0.05) is 68.4 Å². The monoisotopic (exact) mass is 784 g/mol. The molecule has 0 spiro atoms. The Balaban J connectivity index is 1.22. The Labute approximate surface area is 337 Å². The summed E-state index contributed by atoms with van der Waals surface area (Å²) in [6, 6.07) is 23.6. The van der Waals surface area contributed by atoms with Crippen LogP contribution in [0.25, 0.3) is 21.9 Å². The first-order chi connectivity index (χ1) is 27.7. The van der Waals surface area contributed by atoms with Gasteiger partial charge in [-0.15, -0.1) is 0 Å². The zero-order valence-corrected chi connectivity index (χ0v) is 33.8. The minimum atomic E-state index is -0.993. The fraction of sp³-hybridized carbons (Fsp3) is 0.478.